The second kappa shape index (κ2) is 6.59. The van der Waals surface area contributed by atoms with Gasteiger partial charge in [-0.1, -0.05) is 48.5 Å². The number of amides is 1. The minimum Gasteiger partial charge on any atom is -0.457 e. The van der Waals surface area contributed by atoms with E-state index in [1.807, 2.05) is 55.5 Å². The van der Waals surface area contributed by atoms with Gasteiger partial charge in [0.2, 0.25) is 5.91 Å². The summed E-state index contributed by atoms with van der Waals surface area (Å²) in [6.07, 6.45) is 0. The number of nitrogens with one attached hydrogen (secondary N) is 1. The van der Waals surface area contributed by atoms with E-state index < -0.39 is 5.92 Å². The van der Waals surface area contributed by atoms with E-state index in [9.17, 15) is 4.79 Å². The molecule has 0 bridgehead atoms. The number of likely N-dealkylation sites (N-methyl/N-ethyl adjacent to an activating group) is 1. The van der Waals surface area contributed by atoms with Crippen LogP contribution in [-0.4, -0.2) is 45.0 Å². The van der Waals surface area contributed by atoms with Crippen LogP contribution in [0.2, 0.25) is 0 Å². The first kappa shape index (κ1) is 16.3. The number of benzene rings is 2. The number of ether oxygens (including phenoxy) is 1. The Morgan fingerprint density at radius 2 is 1.77 bits per heavy atom. The predicted octanol–water partition coefficient (Wildman–Crippen LogP) is 2.70. The fourth-order valence-electron chi connectivity index (χ4n) is 3.36. The average molecular weight is 349 g/mol. The summed E-state index contributed by atoms with van der Waals surface area (Å²) < 4.78 is 5.97. The molecule has 0 aliphatic carbocycles. The van der Waals surface area contributed by atoms with Crippen molar-refractivity contribution in [3.63, 3.8) is 0 Å². The third kappa shape index (κ3) is 2.81. The smallest absolute Gasteiger partial charge is 0.234 e. The van der Waals surface area contributed by atoms with E-state index in [0.29, 0.717) is 12.4 Å². The van der Waals surface area contributed by atoms with Crippen LogP contribution in [-0.2, 0) is 4.79 Å². The van der Waals surface area contributed by atoms with Crippen molar-refractivity contribution in [2.45, 2.75) is 18.8 Å². The number of aromatic amines is 1. The molecule has 132 valence electrons. The maximum atomic E-state index is 13.3. The zero-order valence-corrected chi connectivity index (χ0v) is 14.6. The number of carbonyl (C=O) groups excluding carboxylic acids is 1. The SMILES string of the molecule is C[C@@H](CN(C)C(=O)C1c2ccccc2Oc2ccccc21)c1nn[nH]n1. The summed E-state index contributed by atoms with van der Waals surface area (Å²) in [5.74, 6) is 1.65. The topological polar surface area (TPSA) is 84.0 Å². The molecule has 0 spiro atoms. The number of para-hydroxylation sites is 2. The Morgan fingerprint density at radius 1 is 1.15 bits per heavy atom. The van der Waals surface area contributed by atoms with Crippen molar-refractivity contribution in [1.82, 2.24) is 25.5 Å². The molecule has 1 N–H and O–H groups in total. The molecule has 26 heavy (non-hydrogen) atoms. The highest BCUT2D eigenvalue weighted by atomic mass is 16.5. The fraction of sp³-hybridized carbons (Fsp3) is 0.263. The van der Waals surface area contributed by atoms with Gasteiger partial charge in [0.25, 0.3) is 0 Å². The lowest BCUT2D eigenvalue weighted by Gasteiger charge is -2.31. The summed E-state index contributed by atoms with van der Waals surface area (Å²) in [6.45, 7) is 2.47. The third-order valence-corrected chi connectivity index (χ3v) is 4.65. The summed E-state index contributed by atoms with van der Waals surface area (Å²) in [7, 11) is 1.81. The summed E-state index contributed by atoms with van der Waals surface area (Å²) in [4.78, 5) is 15.1. The van der Waals surface area contributed by atoms with Crippen LogP contribution in [0.4, 0.5) is 0 Å². The van der Waals surface area contributed by atoms with Gasteiger partial charge >= 0.3 is 0 Å². The van der Waals surface area contributed by atoms with E-state index in [-0.39, 0.29) is 11.8 Å². The number of rotatable bonds is 4. The number of H-pyrrole nitrogens is 1. The van der Waals surface area contributed by atoms with Crippen molar-refractivity contribution in [2.24, 2.45) is 0 Å². The van der Waals surface area contributed by atoms with Crippen molar-refractivity contribution >= 4 is 5.91 Å². The van der Waals surface area contributed by atoms with Crippen LogP contribution in [0, 0.1) is 0 Å². The van der Waals surface area contributed by atoms with Crippen LogP contribution in [0.25, 0.3) is 0 Å². The van der Waals surface area contributed by atoms with E-state index in [2.05, 4.69) is 20.6 Å². The Balaban J connectivity index is 1.65. The highest BCUT2D eigenvalue weighted by Crippen LogP contribution is 2.44. The van der Waals surface area contributed by atoms with Gasteiger partial charge in [0, 0.05) is 30.6 Å². The molecule has 2 aromatic carbocycles. The van der Waals surface area contributed by atoms with Crippen LogP contribution in [0.1, 0.15) is 35.7 Å². The number of hydrogen-bond acceptors (Lipinski definition) is 5. The average Bonchev–Trinajstić information content (AvgIpc) is 3.20. The minimum absolute atomic E-state index is 0.0172. The molecule has 2 heterocycles. The molecular weight excluding hydrogens is 330 g/mol. The number of aromatic nitrogens is 4. The molecule has 0 saturated heterocycles. The highest BCUT2D eigenvalue weighted by Gasteiger charge is 2.34. The normalized spacial score (nSPS) is 14.1. The lowest BCUT2D eigenvalue weighted by Crippen LogP contribution is -2.36. The van der Waals surface area contributed by atoms with Crippen LogP contribution in [0.15, 0.2) is 48.5 Å². The van der Waals surface area contributed by atoms with Gasteiger partial charge in [-0.05, 0) is 12.1 Å². The van der Waals surface area contributed by atoms with Gasteiger partial charge in [-0.25, -0.2) is 0 Å². The third-order valence-electron chi connectivity index (χ3n) is 4.65. The Bertz CT molecular complexity index is 880. The Labute approximate surface area is 151 Å². The molecule has 0 radical (unpaired) electrons. The first-order chi connectivity index (χ1) is 12.6. The molecule has 0 saturated carbocycles. The van der Waals surface area contributed by atoms with Gasteiger partial charge in [-0.15, -0.1) is 10.2 Å². The minimum atomic E-state index is -0.390. The molecule has 1 aromatic heterocycles. The first-order valence-corrected chi connectivity index (χ1v) is 8.49. The molecular formula is C19H19N5O2. The number of hydrogen-bond donors (Lipinski definition) is 1. The highest BCUT2D eigenvalue weighted by molar-refractivity contribution is 5.89. The zero-order valence-electron chi connectivity index (χ0n) is 14.6. The first-order valence-electron chi connectivity index (χ1n) is 8.49. The van der Waals surface area contributed by atoms with Crippen molar-refractivity contribution in [3.05, 3.63) is 65.5 Å². The second-order valence-electron chi connectivity index (χ2n) is 6.50. The van der Waals surface area contributed by atoms with Gasteiger partial charge in [0.05, 0.1) is 5.92 Å². The van der Waals surface area contributed by atoms with Crippen LogP contribution in [0.5, 0.6) is 11.5 Å². The predicted molar refractivity (Wildman–Crippen MR) is 95.0 cm³/mol. The van der Waals surface area contributed by atoms with Crippen molar-refractivity contribution in [3.8, 4) is 11.5 Å². The Morgan fingerprint density at radius 3 is 2.35 bits per heavy atom. The molecule has 3 aromatic rings. The quantitative estimate of drug-likeness (QED) is 0.783. The second-order valence-corrected chi connectivity index (χ2v) is 6.50. The van der Waals surface area contributed by atoms with E-state index in [4.69, 9.17) is 4.74 Å². The van der Waals surface area contributed by atoms with E-state index in [0.717, 1.165) is 22.6 Å². The molecule has 7 nitrogen and oxygen atoms in total. The van der Waals surface area contributed by atoms with E-state index in [1.54, 1.807) is 11.9 Å². The van der Waals surface area contributed by atoms with Crippen molar-refractivity contribution < 1.29 is 9.53 Å². The number of tetrazole rings is 1. The van der Waals surface area contributed by atoms with Crippen LogP contribution in [0.3, 0.4) is 0 Å². The molecule has 1 amide bonds. The number of nitrogens with zero attached hydrogens (tertiary/aromatic N) is 4. The zero-order chi connectivity index (χ0) is 18.1. The van der Waals surface area contributed by atoms with Crippen LogP contribution >= 0.6 is 0 Å². The molecule has 0 unspecified atom stereocenters. The van der Waals surface area contributed by atoms with Crippen molar-refractivity contribution in [1.29, 1.82) is 0 Å². The maximum absolute atomic E-state index is 13.3. The van der Waals surface area contributed by atoms with Crippen molar-refractivity contribution in [2.75, 3.05) is 13.6 Å². The standard InChI is InChI=1S/C19H19N5O2/c1-12(18-20-22-23-21-18)11-24(2)19(25)17-13-7-3-5-9-15(13)26-16-10-6-4-8-14(16)17/h3-10,12,17H,11H2,1-2H3,(H,20,21,22,23)/t12-/m0/s1. The fourth-order valence-corrected chi connectivity index (χ4v) is 3.36. The molecule has 0 fully saturated rings. The van der Waals surface area contributed by atoms with Gasteiger partial charge in [-0.3, -0.25) is 4.79 Å². The Hall–Kier alpha value is -3.22. The molecule has 1 aliphatic rings. The Kier molecular flexibility index (Phi) is 4.12. The lowest BCUT2D eigenvalue weighted by atomic mass is 9.86. The lowest BCUT2D eigenvalue weighted by molar-refractivity contribution is -0.130. The maximum Gasteiger partial charge on any atom is 0.234 e. The van der Waals surface area contributed by atoms with Gasteiger partial charge < -0.3 is 9.64 Å². The summed E-state index contributed by atoms with van der Waals surface area (Å²) in [5, 5.41) is 14.1. The number of carbonyl (C=O) groups is 1. The summed E-state index contributed by atoms with van der Waals surface area (Å²) in [5.41, 5.74) is 1.77. The van der Waals surface area contributed by atoms with Crippen LogP contribution < -0.4 is 4.74 Å². The molecule has 7 heteroatoms. The van der Waals surface area contributed by atoms with E-state index in [1.165, 1.54) is 0 Å². The van der Waals surface area contributed by atoms with Gasteiger partial charge in [0.15, 0.2) is 5.82 Å². The monoisotopic (exact) mass is 349 g/mol. The molecule has 4 rings (SSSR count). The summed E-state index contributed by atoms with van der Waals surface area (Å²) in [6, 6.07) is 15.4. The molecule has 1 atom stereocenters. The van der Waals surface area contributed by atoms with E-state index >= 15 is 0 Å². The summed E-state index contributed by atoms with van der Waals surface area (Å²) >= 11 is 0. The van der Waals surface area contributed by atoms with Gasteiger partial charge in [0.1, 0.15) is 11.5 Å². The molecule has 1 aliphatic heterocycles. The largest absolute Gasteiger partial charge is 0.457 e. The van der Waals surface area contributed by atoms with Gasteiger partial charge in [-0.2, -0.15) is 5.21 Å². The number of fused-ring (bicyclic) bond motifs is 2.